The number of pyridine rings is 1. The average molecular weight is 309 g/mol. The summed E-state index contributed by atoms with van der Waals surface area (Å²) < 4.78 is 0. The lowest BCUT2D eigenvalue weighted by atomic mass is 10.0. The molecule has 2 aromatic rings. The molecule has 4 rings (SSSR count). The minimum absolute atomic E-state index is 0.00992. The molecule has 6 nitrogen and oxygen atoms in total. The maximum Gasteiger partial charge on any atom is 0.273 e. The molecule has 1 amide bonds. The van der Waals surface area contributed by atoms with Crippen LogP contribution in [0.1, 0.15) is 46.7 Å². The molecule has 2 aliphatic rings. The summed E-state index contributed by atoms with van der Waals surface area (Å²) in [5.41, 5.74) is 1.54. The average Bonchev–Trinajstić information content (AvgIpc) is 3.47. The van der Waals surface area contributed by atoms with Crippen LogP contribution in [0.5, 0.6) is 0 Å². The normalized spacial score (nSPS) is 21.2. The Hall–Kier alpha value is -2.34. The van der Waals surface area contributed by atoms with E-state index in [4.69, 9.17) is 0 Å². The summed E-state index contributed by atoms with van der Waals surface area (Å²) in [5.74, 6) is 1.23. The van der Waals surface area contributed by atoms with Gasteiger partial charge in [0, 0.05) is 44.1 Å². The van der Waals surface area contributed by atoms with Gasteiger partial charge in [-0.2, -0.15) is 0 Å². The predicted molar refractivity (Wildman–Crippen MR) is 84.9 cm³/mol. The van der Waals surface area contributed by atoms with Crippen molar-refractivity contribution in [2.24, 2.45) is 0 Å². The van der Waals surface area contributed by atoms with Crippen LogP contribution < -0.4 is 5.32 Å². The summed E-state index contributed by atoms with van der Waals surface area (Å²) in [6.45, 7) is 2.20. The molecular formula is C17H19N5O. The molecular weight excluding hydrogens is 290 g/mol. The number of hydrogen-bond donors (Lipinski definition) is 1. The number of piperazine rings is 1. The number of amides is 1. The van der Waals surface area contributed by atoms with Crippen molar-refractivity contribution in [1.29, 1.82) is 0 Å². The largest absolute Gasteiger partial charge is 0.328 e. The van der Waals surface area contributed by atoms with E-state index in [1.807, 2.05) is 23.2 Å². The Kier molecular flexibility index (Phi) is 3.75. The number of carbonyl (C=O) groups excluding carboxylic acids is 1. The first-order chi connectivity index (χ1) is 11.3. The molecule has 3 heterocycles. The molecule has 0 aromatic carbocycles. The van der Waals surface area contributed by atoms with E-state index in [9.17, 15) is 4.79 Å². The Bertz CT molecular complexity index is 701. The summed E-state index contributed by atoms with van der Waals surface area (Å²) in [6, 6.07) is 5.63. The van der Waals surface area contributed by atoms with Gasteiger partial charge in [-0.1, -0.05) is 6.07 Å². The lowest BCUT2D eigenvalue weighted by Gasteiger charge is -2.36. The van der Waals surface area contributed by atoms with Gasteiger partial charge in [0.1, 0.15) is 11.5 Å². The van der Waals surface area contributed by atoms with Gasteiger partial charge in [-0.3, -0.25) is 9.78 Å². The minimum Gasteiger partial charge on any atom is -0.328 e. The first-order valence-electron chi connectivity index (χ1n) is 8.07. The zero-order valence-electron chi connectivity index (χ0n) is 12.9. The SMILES string of the molecule is O=C(c1ccnc(C2CC2)n1)N1CCNCC1c1cccnc1. The third-order valence-corrected chi connectivity index (χ3v) is 4.41. The first kappa shape index (κ1) is 14.3. The number of nitrogens with one attached hydrogen (secondary N) is 1. The van der Waals surface area contributed by atoms with E-state index in [-0.39, 0.29) is 11.9 Å². The van der Waals surface area contributed by atoms with Crippen LogP contribution in [-0.2, 0) is 0 Å². The van der Waals surface area contributed by atoms with Gasteiger partial charge in [-0.15, -0.1) is 0 Å². The Balaban J connectivity index is 1.61. The minimum atomic E-state index is -0.0235. The van der Waals surface area contributed by atoms with Crippen LogP contribution >= 0.6 is 0 Å². The highest BCUT2D eigenvalue weighted by Crippen LogP contribution is 2.37. The summed E-state index contributed by atoms with van der Waals surface area (Å²) >= 11 is 0. The Morgan fingerprint density at radius 2 is 2.17 bits per heavy atom. The highest BCUT2D eigenvalue weighted by Gasteiger charge is 2.31. The van der Waals surface area contributed by atoms with Gasteiger partial charge in [0.2, 0.25) is 0 Å². The lowest BCUT2D eigenvalue weighted by molar-refractivity contribution is 0.0627. The predicted octanol–water partition coefficient (Wildman–Crippen LogP) is 1.54. The lowest BCUT2D eigenvalue weighted by Crippen LogP contribution is -2.49. The summed E-state index contributed by atoms with van der Waals surface area (Å²) in [7, 11) is 0. The number of rotatable bonds is 3. The molecule has 1 N–H and O–H groups in total. The van der Waals surface area contributed by atoms with Crippen molar-refractivity contribution in [3.8, 4) is 0 Å². The number of hydrogen-bond acceptors (Lipinski definition) is 5. The zero-order valence-corrected chi connectivity index (χ0v) is 12.9. The van der Waals surface area contributed by atoms with Gasteiger partial charge < -0.3 is 10.2 Å². The summed E-state index contributed by atoms with van der Waals surface area (Å²) in [6.07, 6.45) is 7.54. The highest BCUT2D eigenvalue weighted by molar-refractivity contribution is 5.92. The van der Waals surface area contributed by atoms with Gasteiger partial charge in [-0.05, 0) is 30.5 Å². The molecule has 0 radical (unpaired) electrons. The second-order valence-corrected chi connectivity index (χ2v) is 6.08. The fraction of sp³-hybridized carbons (Fsp3) is 0.412. The van der Waals surface area contributed by atoms with E-state index in [2.05, 4.69) is 20.3 Å². The van der Waals surface area contributed by atoms with E-state index in [1.165, 1.54) is 0 Å². The zero-order chi connectivity index (χ0) is 15.6. The maximum absolute atomic E-state index is 13.0. The van der Waals surface area contributed by atoms with Crippen LogP contribution in [0.15, 0.2) is 36.8 Å². The summed E-state index contributed by atoms with van der Waals surface area (Å²) in [5, 5.41) is 3.35. The number of nitrogens with zero attached hydrogens (tertiary/aromatic N) is 4. The molecule has 118 valence electrons. The van der Waals surface area contributed by atoms with Crippen molar-refractivity contribution >= 4 is 5.91 Å². The maximum atomic E-state index is 13.0. The van der Waals surface area contributed by atoms with Gasteiger partial charge >= 0.3 is 0 Å². The molecule has 2 aromatic heterocycles. The van der Waals surface area contributed by atoms with Crippen LogP contribution in [0.25, 0.3) is 0 Å². The van der Waals surface area contributed by atoms with Gasteiger partial charge in [0.15, 0.2) is 0 Å². The van der Waals surface area contributed by atoms with Crippen LogP contribution in [0.3, 0.4) is 0 Å². The van der Waals surface area contributed by atoms with Gasteiger partial charge in [0.25, 0.3) is 5.91 Å². The fourth-order valence-electron chi connectivity index (χ4n) is 3.00. The van der Waals surface area contributed by atoms with Crippen molar-refractivity contribution in [3.63, 3.8) is 0 Å². The highest BCUT2D eigenvalue weighted by atomic mass is 16.2. The molecule has 6 heteroatoms. The Morgan fingerprint density at radius 1 is 1.26 bits per heavy atom. The van der Waals surface area contributed by atoms with Crippen molar-refractivity contribution in [3.05, 3.63) is 53.9 Å². The second kappa shape index (κ2) is 6.04. The Morgan fingerprint density at radius 3 is 2.96 bits per heavy atom. The van der Waals surface area contributed by atoms with Crippen LogP contribution in [0.2, 0.25) is 0 Å². The molecule has 23 heavy (non-hydrogen) atoms. The third-order valence-electron chi connectivity index (χ3n) is 4.41. The molecule has 1 atom stereocenters. The van der Waals surface area contributed by atoms with E-state index in [0.29, 0.717) is 18.2 Å². The molecule has 1 aliphatic heterocycles. The van der Waals surface area contributed by atoms with Crippen molar-refractivity contribution in [2.75, 3.05) is 19.6 Å². The van der Waals surface area contributed by atoms with Crippen molar-refractivity contribution in [2.45, 2.75) is 24.8 Å². The van der Waals surface area contributed by atoms with E-state index in [0.717, 1.165) is 37.3 Å². The van der Waals surface area contributed by atoms with Gasteiger partial charge in [0.05, 0.1) is 6.04 Å². The smallest absolute Gasteiger partial charge is 0.273 e. The fourth-order valence-corrected chi connectivity index (χ4v) is 3.00. The molecule has 1 unspecified atom stereocenters. The van der Waals surface area contributed by atoms with Crippen molar-refractivity contribution in [1.82, 2.24) is 25.2 Å². The first-order valence-corrected chi connectivity index (χ1v) is 8.07. The molecule has 1 saturated carbocycles. The molecule has 0 bridgehead atoms. The van der Waals surface area contributed by atoms with Crippen LogP contribution in [0.4, 0.5) is 0 Å². The quantitative estimate of drug-likeness (QED) is 0.931. The summed E-state index contributed by atoms with van der Waals surface area (Å²) in [4.78, 5) is 27.8. The van der Waals surface area contributed by atoms with E-state index < -0.39 is 0 Å². The van der Waals surface area contributed by atoms with Crippen LogP contribution in [0, 0.1) is 0 Å². The molecule has 1 saturated heterocycles. The third kappa shape index (κ3) is 2.94. The number of carbonyl (C=O) groups is 1. The second-order valence-electron chi connectivity index (χ2n) is 6.08. The van der Waals surface area contributed by atoms with E-state index >= 15 is 0 Å². The molecule has 2 fully saturated rings. The molecule has 0 spiro atoms. The van der Waals surface area contributed by atoms with E-state index in [1.54, 1.807) is 18.5 Å². The Labute approximate surface area is 135 Å². The molecule has 1 aliphatic carbocycles. The van der Waals surface area contributed by atoms with Crippen molar-refractivity contribution < 1.29 is 4.79 Å². The van der Waals surface area contributed by atoms with Gasteiger partial charge in [-0.25, -0.2) is 9.97 Å². The standard InChI is InChI=1S/C17H19N5O/c23-17(14-5-7-20-16(21-14)12-3-4-12)22-9-8-19-11-15(22)13-2-1-6-18-10-13/h1-2,5-7,10,12,15,19H,3-4,8-9,11H2. The van der Waals surface area contributed by atoms with Crippen LogP contribution in [-0.4, -0.2) is 45.4 Å². The number of aromatic nitrogens is 3. The monoisotopic (exact) mass is 309 g/mol. The topological polar surface area (TPSA) is 71.0 Å².